The first-order valence-corrected chi connectivity index (χ1v) is 9.19. The van der Waals surface area contributed by atoms with Crippen molar-refractivity contribution in [3.05, 3.63) is 89.6 Å². The number of amides is 1. The lowest BCUT2D eigenvalue weighted by Crippen LogP contribution is -2.25. The van der Waals surface area contributed by atoms with E-state index in [0.29, 0.717) is 16.7 Å². The number of hydrogen-bond acceptors (Lipinski definition) is 3. The van der Waals surface area contributed by atoms with Crippen molar-refractivity contribution in [2.24, 2.45) is 0 Å². The molecule has 2 heterocycles. The van der Waals surface area contributed by atoms with Crippen LogP contribution in [0.4, 0.5) is 5.69 Å². The van der Waals surface area contributed by atoms with Gasteiger partial charge in [0.2, 0.25) is 5.91 Å². The van der Waals surface area contributed by atoms with Gasteiger partial charge >= 0.3 is 5.69 Å². The molecule has 0 saturated heterocycles. The van der Waals surface area contributed by atoms with Crippen molar-refractivity contribution in [1.82, 2.24) is 19.1 Å². The Morgan fingerprint density at radius 1 is 0.931 bits per heavy atom. The maximum atomic E-state index is 12.5. The average Bonchev–Trinajstić information content (AvgIpc) is 3.30. The fourth-order valence-electron chi connectivity index (χ4n) is 3.48. The molecular weight excluding hydrogens is 366 g/mol. The molecule has 0 unspecified atom stereocenters. The lowest BCUT2D eigenvalue weighted by molar-refractivity contribution is -0.116. The Labute approximate surface area is 165 Å². The second-order valence-electron chi connectivity index (χ2n) is 6.73. The smallest absolute Gasteiger partial charge is 0.325 e. The fourth-order valence-corrected chi connectivity index (χ4v) is 3.48. The van der Waals surface area contributed by atoms with Gasteiger partial charge in [0, 0.05) is 11.4 Å². The lowest BCUT2D eigenvalue weighted by Gasteiger charge is -2.08. The maximum Gasteiger partial charge on any atom is 0.326 e. The largest absolute Gasteiger partial charge is 0.326 e. The van der Waals surface area contributed by atoms with Gasteiger partial charge in [-0.2, -0.15) is 0 Å². The molecule has 2 aromatic heterocycles. The molecule has 0 spiro atoms. The minimum Gasteiger partial charge on any atom is -0.325 e. The van der Waals surface area contributed by atoms with Gasteiger partial charge in [-0.3, -0.25) is 13.9 Å². The van der Waals surface area contributed by atoms with Gasteiger partial charge in [-0.05, 0) is 48.5 Å². The van der Waals surface area contributed by atoms with Crippen LogP contribution in [-0.4, -0.2) is 25.0 Å². The minimum absolute atomic E-state index is 0.0588. The number of rotatable bonds is 4. The van der Waals surface area contributed by atoms with Crippen LogP contribution in [-0.2, 0) is 11.3 Å². The Kier molecular flexibility index (Phi) is 3.98. The molecule has 29 heavy (non-hydrogen) atoms. The topological polar surface area (TPSA) is 84.7 Å². The minimum atomic E-state index is -0.302. The number of anilines is 1. The zero-order valence-electron chi connectivity index (χ0n) is 15.4. The zero-order valence-corrected chi connectivity index (χ0v) is 15.4. The van der Waals surface area contributed by atoms with Crippen molar-refractivity contribution < 1.29 is 4.79 Å². The summed E-state index contributed by atoms with van der Waals surface area (Å²) in [7, 11) is 0. The van der Waals surface area contributed by atoms with Gasteiger partial charge in [-0.1, -0.05) is 24.3 Å². The van der Waals surface area contributed by atoms with Gasteiger partial charge in [0.05, 0.1) is 22.1 Å². The first kappa shape index (κ1) is 17.0. The monoisotopic (exact) mass is 383 g/mol. The van der Waals surface area contributed by atoms with Crippen LogP contribution in [0, 0.1) is 0 Å². The van der Waals surface area contributed by atoms with Crippen molar-refractivity contribution in [3.63, 3.8) is 0 Å². The molecule has 0 fully saturated rings. The summed E-state index contributed by atoms with van der Waals surface area (Å²) in [5.74, 6) is -0.266. The highest BCUT2D eigenvalue weighted by Gasteiger charge is 2.11. The molecular formula is C22H17N5O2. The third-order valence-corrected chi connectivity index (χ3v) is 4.87. The van der Waals surface area contributed by atoms with E-state index in [2.05, 4.69) is 15.3 Å². The molecule has 0 atom stereocenters. The predicted octanol–water partition coefficient (Wildman–Crippen LogP) is 3.31. The summed E-state index contributed by atoms with van der Waals surface area (Å²) in [6.45, 7) is -0.0588. The van der Waals surface area contributed by atoms with E-state index in [9.17, 15) is 9.59 Å². The molecule has 5 rings (SSSR count). The first-order chi connectivity index (χ1) is 14.2. The highest BCUT2D eigenvalue weighted by Crippen LogP contribution is 2.19. The predicted molar refractivity (Wildman–Crippen MR) is 112 cm³/mol. The van der Waals surface area contributed by atoms with Gasteiger partial charge in [0.1, 0.15) is 12.9 Å². The van der Waals surface area contributed by atoms with Crippen LogP contribution in [0.25, 0.3) is 27.8 Å². The first-order valence-electron chi connectivity index (χ1n) is 9.19. The molecule has 1 amide bonds. The Hall–Kier alpha value is -4.13. The fraction of sp³-hybridized carbons (Fsp3) is 0.0455. The van der Waals surface area contributed by atoms with E-state index in [1.165, 1.54) is 4.57 Å². The van der Waals surface area contributed by atoms with Crippen LogP contribution in [0.3, 0.4) is 0 Å². The number of para-hydroxylation sites is 4. The summed E-state index contributed by atoms with van der Waals surface area (Å²) >= 11 is 0. The molecule has 0 radical (unpaired) electrons. The number of aromatic nitrogens is 4. The van der Waals surface area contributed by atoms with Gasteiger partial charge in [0.15, 0.2) is 0 Å². The van der Waals surface area contributed by atoms with Crippen LogP contribution < -0.4 is 11.0 Å². The van der Waals surface area contributed by atoms with E-state index in [0.717, 1.165) is 16.7 Å². The molecule has 2 N–H and O–H groups in total. The number of hydrogen-bond donors (Lipinski definition) is 2. The number of nitrogens with one attached hydrogen (secondary N) is 2. The molecule has 7 heteroatoms. The molecule has 0 aliphatic heterocycles. The van der Waals surface area contributed by atoms with Crippen molar-refractivity contribution in [1.29, 1.82) is 0 Å². The summed E-state index contributed by atoms with van der Waals surface area (Å²) in [5, 5.41) is 2.84. The zero-order chi connectivity index (χ0) is 19.8. The van der Waals surface area contributed by atoms with Crippen LogP contribution in [0.1, 0.15) is 0 Å². The normalized spacial score (nSPS) is 11.2. The molecule has 0 aliphatic carbocycles. The van der Waals surface area contributed by atoms with E-state index < -0.39 is 0 Å². The number of carbonyl (C=O) groups excluding carboxylic acids is 1. The molecule has 142 valence electrons. The SMILES string of the molecule is O=C(Cn1c(=O)[nH]c2ccccc21)Nc1ccc(-n2cnc3ccccc32)cc1. The number of fused-ring (bicyclic) bond motifs is 2. The molecule has 5 aromatic rings. The Balaban J connectivity index is 1.35. The second kappa shape index (κ2) is 6.79. The van der Waals surface area contributed by atoms with Crippen molar-refractivity contribution in [2.45, 2.75) is 6.54 Å². The number of imidazole rings is 2. The van der Waals surface area contributed by atoms with E-state index in [1.54, 1.807) is 6.33 Å². The lowest BCUT2D eigenvalue weighted by atomic mass is 10.2. The summed E-state index contributed by atoms with van der Waals surface area (Å²) in [4.78, 5) is 31.7. The summed E-state index contributed by atoms with van der Waals surface area (Å²) in [6, 6.07) is 22.7. The van der Waals surface area contributed by atoms with Crippen molar-refractivity contribution in [3.8, 4) is 5.69 Å². The third-order valence-electron chi connectivity index (χ3n) is 4.87. The van der Waals surface area contributed by atoms with E-state index in [1.807, 2.05) is 77.4 Å². The number of aromatic amines is 1. The molecule has 0 aliphatic rings. The Morgan fingerprint density at radius 2 is 1.66 bits per heavy atom. The maximum absolute atomic E-state index is 12.5. The molecule has 7 nitrogen and oxygen atoms in total. The Morgan fingerprint density at radius 3 is 2.48 bits per heavy atom. The van der Waals surface area contributed by atoms with E-state index >= 15 is 0 Å². The second-order valence-corrected chi connectivity index (χ2v) is 6.73. The number of benzene rings is 3. The highest BCUT2D eigenvalue weighted by atomic mass is 16.2. The van der Waals surface area contributed by atoms with E-state index in [-0.39, 0.29) is 18.1 Å². The summed E-state index contributed by atoms with van der Waals surface area (Å²) in [5.41, 5.74) is 4.67. The average molecular weight is 383 g/mol. The van der Waals surface area contributed by atoms with Crippen molar-refractivity contribution >= 4 is 33.7 Å². The van der Waals surface area contributed by atoms with Gasteiger partial charge < -0.3 is 10.3 Å². The van der Waals surface area contributed by atoms with Crippen molar-refractivity contribution in [2.75, 3.05) is 5.32 Å². The van der Waals surface area contributed by atoms with Gasteiger partial charge in [-0.15, -0.1) is 0 Å². The number of carbonyl (C=O) groups is 1. The van der Waals surface area contributed by atoms with E-state index in [4.69, 9.17) is 0 Å². The van der Waals surface area contributed by atoms with Crippen LogP contribution >= 0.6 is 0 Å². The molecule has 0 saturated carbocycles. The summed E-state index contributed by atoms with van der Waals surface area (Å²) in [6.07, 6.45) is 1.78. The van der Waals surface area contributed by atoms with Crippen LogP contribution in [0.5, 0.6) is 0 Å². The van der Waals surface area contributed by atoms with Crippen LogP contribution in [0.2, 0.25) is 0 Å². The van der Waals surface area contributed by atoms with Crippen LogP contribution in [0.15, 0.2) is 83.9 Å². The highest BCUT2D eigenvalue weighted by molar-refractivity contribution is 5.91. The number of H-pyrrole nitrogens is 1. The third kappa shape index (κ3) is 3.08. The summed E-state index contributed by atoms with van der Waals surface area (Å²) < 4.78 is 3.42. The van der Waals surface area contributed by atoms with Gasteiger partial charge in [-0.25, -0.2) is 9.78 Å². The van der Waals surface area contributed by atoms with Gasteiger partial charge in [0.25, 0.3) is 0 Å². The molecule has 0 bridgehead atoms. The number of nitrogens with zero attached hydrogens (tertiary/aromatic N) is 3. The Bertz CT molecular complexity index is 1390. The standard InChI is InChI=1S/C22H17N5O2/c28-21(13-26-20-8-4-2-6-18(20)25-22(26)29)24-15-9-11-16(12-10-15)27-14-23-17-5-1-3-7-19(17)27/h1-12,14H,13H2,(H,24,28)(H,25,29). The molecule has 3 aromatic carbocycles. The quantitative estimate of drug-likeness (QED) is 0.499.